The summed E-state index contributed by atoms with van der Waals surface area (Å²) in [5.41, 5.74) is 0. The zero-order valence-corrected chi connectivity index (χ0v) is 12.0. The van der Waals surface area contributed by atoms with Gasteiger partial charge in [0.15, 0.2) is 0 Å². The largest absolute Gasteiger partial charge is 0.385 e. The molecule has 0 aromatic heterocycles. The van der Waals surface area contributed by atoms with E-state index in [0.717, 1.165) is 45.2 Å². The zero-order valence-electron chi connectivity index (χ0n) is 10.5. The first kappa shape index (κ1) is 14.4. The van der Waals surface area contributed by atoms with Gasteiger partial charge in [0.25, 0.3) is 0 Å². The SMILES string of the molecule is COCCCOCCN1CCC(C)C(Br)C1. The number of nitrogens with zero attached hydrogens (tertiary/aromatic N) is 1. The minimum atomic E-state index is 0.648. The van der Waals surface area contributed by atoms with Crippen LogP contribution >= 0.6 is 15.9 Å². The Morgan fingerprint density at radius 2 is 2.12 bits per heavy atom. The third kappa shape index (κ3) is 5.62. The summed E-state index contributed by atoms with van der Waals surface area (Å²) in [6.07, 6.45) is 2.29. The third-order valence-corrected chi connectivity index (χ3v) is 4.33. The highest BCUT2D eigenvalue weighted by Gasteiger charge is 2.23. The molecule has 0 spiro atoms. The number of rotatable bonds is 7. The van der Waals surface area contributed by atoms with Crippen molar-refractivity contribution in [2.75, 3.05) is 46.6 Å². The maximum absolute atomic E-state index is 5.56. The second-order valence-corrected chi connectivity index (χ2v) is 5.72. The molecule has 0 aromatic carbocycles. The van der Waals surface area contributed by atoms with Crippen LogP contribution in [0.5, 0.6) is 0 Å². The Kier molecular flexibility index (Phi) is 7.62. The lowest BCUT2D eigenvalue weighted by Gasteiger charge is -2.34. The van der Waals surface area contributed by atoms with Gasteiger partial charge in [0.2, 0.25) is 0 Å². The number of hydrogen-bond acceptors (Lipinski definition) is 3. The van der Waals surface area contributed by atoms with Crippen LogP contribution in [-0.2, 0) is 9.47 Å². The van der Waals surface area contributed by atoms with E-state index in [-0.39, 0.29) is 0 Å². The Labute approximate surface area is 108 Å². The molecule has 4 heteroatoms. The Hall–Kier alpha value is 0.360. The van der Waals surface area contributed by atoms with Crippen LogP contribution in [-0.4, -0.2) is 56.3 Å². The van der Waals surface area contributed by atoms with Crippen molar-refractivity contribution < 1.29 is 9.47 Å². The van der Waals surface area contributed by atoms with Crippen molar-refractivity contribution in [2.24, 2.45) is 5.92 Å². The molecule has 0 N–H and O–H groups in total. The molecule has 2 unspecified atom stereocenters. The number of piperidine rings is 1. The Balaban J connectivity index is 1.97. The maximum Gasteiger partial charge on any atom is 0.0593 e. The van der Waals surface area contributed by atoms with Crippen LogP contribution < -0.4 is 0 Å². The van der Waals surface area contributed by atoms with Gasteiger partial charge < -0.3 is 9.47 Å². The van der Waals surface area contributed by atoms with Crippen LogP contribution in [0.3, 0.4) is 0 Å². The lowest BCUT2D eigenvalue weighted by atomic mass is 9.99. The molecule has 1 fully saturated rings. The van der Waals surface area contributed by atoms with Gasteiger partial charge >= 0.3 is 0 Å². The van der Waals surface area contributed by atoms with Crippen LogP contribution in [0.2, 0.25) is 0 Å². The summed E-state index contributed by atoms with van der Waals surface area (Å²) in [5.74, 6) is 0.805. The summed E-state index contributed by atoms with van der Waals surface area (Å²) >= 11 is 3.74. The number of halogens is 1. The Bertz CT molecular complexity index is 180. The molecule has 2 atom stereocenters. The summed E-state index contributed by atoms with van der Waals surface area (Å²) < 4.78 is 10.5. The van der Waals surface area contributed by atoms with Crippen LogP contribution in [0, 0.1) is 5.92 Å². The monoisotopic (exact) mass is 293 g/mol. The van der Waals surface area contributed by atoms with E-state index in [1.807, 2.05) is 0 Å². The molecule has 0 bridgehead atoms. The molecule has 1 saturated heterocycles. The van der Waals surface area contributed by atoms with Crippen molar-refractivity contribution in [3.63, 3.8) is 0 Å². The van der Waals surface area contributed by atoms with E-state index >= 15 is 0 Å². The second-order valence-electron chi connectivity index (χ2n) is 4.54. The Morgan fingerprint density at radius 3 is 2.81 bits per heavy atom. The van der Waals surface area contributed by atoms with Gasteiger partial charge in [-0.15, -0.1) is 0 Å². The molecule has 1 heterocycles. The van der Waals surface area contributed by atoms with E-state index in [2.05, 4.69) is 27.8 Å². The number of likely N-dealkylation sites (tertiary alicyclic amines) is 1. The molecule has 0 saturated carbocycles. The normalized spacial score (nSPS) is 27.2. The van der Waals surface area contributed by atoms with Crippen molar-refractivity contribution in [1.82, 2.24) is 4.90 Å². The highest BCUT2D eigenvalue weighted by molar-refractivity contribution is 9.09. The fraction of sp³-hybridized carbons (Fsp3) is 1.00. The third-order valence-electron chi connectivity index (χ3n) is 3.14. The van der Waals surface area contributed by atoms with E-state index in [1.165, 1.54) is 13.0 Å². The van der Waals surface area contributed by atoms with Crippen molar-refractivity contribution in [3.8, 4) is 0 Å². The predicted octanol–water partition coefficient (Wildman–Crippen LogP) is 2.14. The van der Waals surface area contributed by atoms with Gasteiger partial charge in [-0.25, -0.2) is 0 Å². The van der Waals surface area contributed by atoms with Crippen molar-refractivity contribution >= 4 is 15.9 Å². The first-order chi connectivity index (χ1) is 7.74. The van der Waals surface area contributed by atoms with Crippen molar-refractivity contribution in [1.29, 1.82) is 0 Å². The lowest BCUT2D eigenvalue weighted by Crippen LogP contribution is -2.41. The Morgan fingerprint density at radius 1 is 1.31 bits per heavy atom. The van der Waals surface area contributed by atoms with Crippen molar-refractivity contribution in [3.05, 3.63) is 0 Å². The minimum absolute atomic E-state index is 0.648. The van der Waals surface area contributed by atoms with E-state index < -0.39 is 0 Å². The lowest BCUT2D eigenvalue weighted by molar-refractivity contribution is 0.0762. The van der Waals surface area contributed by atoms with Gasteiger partial charge in [-0.1, -0.05) is 22.9 Å². The topological polar surface area (TPSA) is 21.7 Å². The quantitative estimate of drug-likeness (QED) is 0.530. The second kappa shape index (κ2) is 8.45. The molecule has 0 radical (unpaired) electrons. The van der Waals surface area contributed by atoms with E-state index in [9.17, 15) is 0 Å². The van der Waals surface area contributed by atoms with Gasteiger partial charge in [-0.05, 0) is 25.3 Å². The molecular weight excluding hydrogens is 270 g/mol. The van der Waals surface area contributed by atoms with Gasteiger partial charge in [0, 0.05) is 38.2 Å². The summed E-state index contributed by atoms with van der Waals surface area (Å²) in [6.45, 7) is 8.20. The molecule has 96 valence electrons. The molecular formula is C12H24BrNO2. The maximum atomic E-state index is 5.56. The summed E-state index contributed by atoms with van der Waals surface area (Å²) in [7, 11) is 1.73. The van der Waals surface area contributed by atoms with E-state index in [0.29, 0.717) is 4.83 Å². The average molecular weight is 294 g/mol. The highest BCUT2D eigenvalue weighted by Crippen LogP contribution is 2.22. The fourth-order valence-electron chi connectivity index (χ4n) is 1.89. The first-order valence-corrected chi connectivity index (χ1v) is 7.08. The molecule has 16 heavy (non-hydrogen) atoms. The number of methoxy groups -OCH3 is 1. The first-order valence-electron chi connectivity index (χ1n) is 6.17. The average Bonchev–Trinajstić information content (AvgIpc) is 2.28. The minimum Gasteiger partial charge on any atom is -0.385 e. The summed E-state index contributed by atoms with van der Waals surface area (Å²) in [6, 6.07) is 0. The molecule has 3 nitrogen and oxygen atoms in total. The number of ether oxygens (including phenoxy) is 2. The van der Waals surface area contributed by atoms with Gasteiger partial charge in [-0.2, -0.15) is 0 Å². The van der Waals surface area contributed by atoms with E-state index in [1.54, 1.807) is 7.11 Å². The standard InChI is InChI=1S/C12H24BrNO2/c1-11-4-5-14(10-12(11)13)6-9-16-8-3-7-15-2/h11-12H,3-10H2,1-2H3. The molecule has 1 aliphatic heterocycles. The van der Waals surface area contributed by atoms with Crippen LogP contribution in [0.4, 0.5) is 0 Å². The molecule has 0 aromatic rings. The zero-order chi connectivity index (χ0) is 11.8. The molecule has 0 aliphatic carbocycles. The van der Waals surface area contributed by atoms with Crippen LogP contribution in [0.15, 0.2) is 0 Å². The summed E-state index contributed by atoms with van der Waals surface area (Å²) in [4.78, 5) is 3.13. The number of hydrogen-bond donors (Lipinski definition) is 0. The van der Waals surface area contributed by atoms with Crippen LogP contribution in [0.1, 0.15) is 19.8 Å². The van der Waals surface area contributed by atoms with E-state index in [4.69, 9.17) is 9.47 Å². The predicted molar refractivity (Wildman–Crippen MR) is 70.2 cm³/mol. The van der Waals surface area contributed by atoms with Crippen LogP contribution in [0.25, 0.3) is 0 Å². The van der Waals surface area contributed by atoms with Gasteiger partial charge in [-0.3, -0.25) is 4.90 Å². The van der Waals surface area contributed by atoms with Crippen molar-refractivity contribution in [2.45, 2.75) is 24.6 Å². The molecule has 0 amide bonds. The number of alkyl halides is 1. The summed E-state index contributed by atoms with van der Waals surface area (Å²) in [5, 5.41) is 0. The fourth-order valence-corrected chi connectivity index (χ4v) is 2.56. The molecule has 1 rings (SSSR count). The van der Waals surface area contributed by atoms with Gasteiger partial charge in [0.1, 0.15) is 0 Å². The highest BCUT2D eigenvalue weighted by atomic mass is 79.9. The molecule has 1 aliphatic rings. The van der Waals surface area contributed by atoms with Gasteiger partial charge in [0.05, 0.1) is 6.61 Å². The smallest absolute Gasteiger partial charge is 0.0593 e.